The summed E-state index contributed by atoms with van der Waals surface area (Å²) < 4.78 is 11.3. The Kier molecular flexibility index (Phi) is 6.37. The normalized spacial score (nSPS) is 16.4. The van der Waals surface area contributed by atoms with Crippen LogP contribution in [0.5, 0.6) is 5.75 Å². The van der Waals surface area contributed by atoms with E-state index in [4.69, 9.17) is 9.26 Å². The van der Waals surface area contributed by atoms with Gasteiger partial charge in [-0.25, -0.2) is 0 Å². The minimum atomic E-state index is 0.0825. The number of aromatic nitrogens is 3. The molecule has 3 aromatic rings. The van der Waals surface area contributed by atoms with E-state index < -0.39 is 0 Å². The van der Waals surface area contributed by atoms with E-state index in [9.17, 15) is 4.79 Å². The van der Waals surface area contributed by atoms with Gasteiger partial charge in [0.1, 0.15) is 5.75 Å². The summed E-state index contributed by atoms with van der Waals surface area (Å²) in [5.41, 5.74) is 2.14. The predicted molar refractivity (Wildman–Crippen MR) is 111 cm³/mol. The summed E-state index contributed by atoms with van der Waals surface area (Å²) >= 11 is 0. The summed E-state index contributed by atoms with van der Waals surface area (Å²) in [7, 11) is 0. The zero-order chi connectivity index (χ0) is 20.8. The maximum atomic E-state index is 12.7. The summed E-state index contributed by atoms with van der Waals surface area (Å²) in [6, 6.07) is 11.7. The van der Waals surface area contributed by atoms with Gasteiger partial charge in [-0.2, -0.15) is 4.98 Å². The van der Waals surface area contributed by atoms with E-state index >= 15 is 0 Å². The molecular weight excluding hydrogens is 380 g/mol. The largest absolute Gasteiger partial charge is 0.493 e. The summed E-state index contributed by atoms with van der Waals surface area (Å²) in [5.74, 6) is 2.30. The topological polar surface area (TPSA) is 81.4 Å². The van der Waals surface area contributed by atoms with Gasteiger partial charge in [0.15, 0.2) is 5.82 Å². The van der Waals surface area contributed by atoms with Crippen LogP contribution in [-0.4, -0.2) is 45.6 Å². The molecule has 1 aliphatic rings. The summed E-state index contributed by atoms with van der Waals surface area (Å²) in [5, 5.41) is 4.10. The van der Waals surface area contributed by atoms with Crippen molar-refractivity contribution >= 4 is 5.91 Å². The molecule has 4 rings (SSSR count). The van der Waals surface area contributed by atoms with E-state index in [-0.39, 0.29) is 11.8 Å². The minimum absolute atomic E-state index is 0.0825. The van der Waals surface area contributed by atoms with Crippen molar-refractivity contribution in [2.24, 2.45) is 0 Å². The Morgan fingerprint density at radius 1 is 1.27 bits per heavy atom. The fourth-order valence-corrected chi connectivity index (χ4v) is 3.69. The molecule has 1 aromatic carbocycles. The molecule has 0 N–H and O–H groups in total. The van der Waals surface area contributed by atoms with Gasteiger partial charge in [0.25, 0.3) is 0 Å². The van der Waals surface area contributed by atoms with Crippen LogP contribution in [0.1, 0.15) is 41.6 Å². The zero-order valence-electron chi connectivity index (χ0n) is 17.2. The Bertz CT molecular complexity index is 973. The van der Waals surface area contributed by atoms with Crippen molar-refractivity contribution in [2.75, 3.05) is 19.7 Å². The van der Waals surface area contributed by atoms with Gasteiger partial charge in [-0.05, 0) is 55.2 Å². The number of ether oxygens (including phenoxy) is 1. The SMILES string of the molecule is Cc1cccc(OCCc2noc(C3CCCN(C(=O)Cc4ccncc4)C3)n2)c1. The van der Waals surface area contributed by atoms with E-state index in [1.807, 2.05) is 48.2 Å². The monoisotopic (exact) mass is 406 g/mol. The van der Waals surface area contributed by atoms with Crippen molar-refractivity contribution in [3.8, 4) is 5.75 Å². The zero-order valence-corrected chi connectivity index (χ0v) is 17.2. The lowest BCUT2D eigenvalue weighted by molar-refractivity contribution is -0.131. The second-order valence-corrected chi connectivity index (χ2v) is 7.67. The number of piperidine rings is 1. The van der Waals surface area contributed by atoms with Crippen molar-refractivity contribution in [1.29, 1.82) is 0 Å². The Balaban J connectivity index is 1.29. The third-order valence-electron chi connectivity index (χ3n) is 5.30. The number of rotatable bonds is 7. The highest BCUT2D eigenvalue weighted by molar-refractivity contribution is 5.78. The highest BCUT2D eigenvalue weighted by Gasteiger charge is 2.28. The lowest BCUT2D eigenvalue weighted by atomic mass is 9.97. The third-order valence-corrected chi connectivity index (χ3v) is 5.30. The second kappa shape index (κ2) is 9.52. The number of carbonyl (C=O) groups is 1. The molecule has 1 atom stereocenters. The average molecular weight is 406 g/mol. The van der Waals surface area contributed by atoms with Crippen molar-refractivity contribution in [2.45, 2.75) is 38.5 Å². The summed E-state index contributed by atoms with van der Waals surface area (Å²) in [4.78, 5) is 23.1. The lowest BCUT2D eigenvalue weighted by Crippen LogP contribution is -2.40. The van der Waals surface area contributed by atoms with E-state index in [1.54, 1.807) is 12.4 Å². The molecule has 7 nitrogen and oxygen atoms in total. The molecule has 1 unspecified atom stereocenters. The molecular formula is C23H26N4O3. The summed E-state index contributed by atoms with van der Waals surface area (Å²) in [6.45, 7) is 3.91. The van der Waals surface area contributed by atoms with Crippen molar-refractivity contribution < 1.29 is 14.1 Å². The van der Waals surface area contributed by atoms with Crippen LogP contribution in [0.25, 0.3) is 0 Å². The average Bonchev–Trinajstić information content (AvgIpc) is 3.24. The number of aryl methyl sites for hydroxylation is 1. The Hall–Kier alpha value is -3.22. The number of carbonyl (C=O) groups excluding carboxylic acids is 1. The number of hydrogen-bond acceptors (Lipinski definition) is 6. The maximum Gasteiger partial charge on any atom is 0.231 e. The molecule has 2 aromatic heterocycles. The van der Waals surface area contributed by atoms with Crippen LogP contribution >= 0.6 is 0 Å². The van der Waals surface area contributed by atoms with Gasteiger partial charge in [0.05, 0.1) is 18.9 Å². The van der Waals surface area contributed by atoms with Gasteiger partial charge in [-0.15, -0.1) is 0 Å². The maximum absolute atomic E-state index is 12.7. The smallest absolute Gasteiger partial charge is 0.231 e. The molecule has 0 aliphatic carbocycles. The Morgan fingerprint density at radius 2 is 2.13 bits per heavy atom. The molecule has 1 amide bonds. The van der Waals surface area contributed by atoms with Gasteiger partial charge in [-0.1, -0.05) is 17.3 Å². The molecule has 1 aliphatic heterocycles. The van der Waals surface area contributed by atoms with Crippen LogP contribution in [0, 0.1) is 6.92 Å². The van der Waals surface area contributed by atoms with Gasteiger partial charge >= 0.3 is 0 Å². The highest BCUT2D eigenvalue weighted by atomic mass is 16.5. The number of pyridine rings is 1. The van der Waals surface area contributed by atoms with E-state index in [1.165, 1.54) is 0 Å². The molecule has 7 heteroatoms. The number of nitrogens with zero attached hydrogens (tertiary/aromatic N) is 4. The van der Waals surface area contributed by atoms with Crippen LogP contribution in [0.15, 0.2) is 53.3 Å². The van der Waals surface area contributed by atoms with Crippen LogP contribution in [0.4, 0.5) is 0 Å². The predicted octanol–water partition coefficient (Wildman–Crippen LogP) is 3.34. The minimum Gasteiger partial charge on any atom is -0.493 e. The van der Waals surface area contributed by atoms with Crippen LogP contribution < -0.4 is 4.74 Å². The van der Waals surface area contributed by atoms with Gasteiger partial charge in [0, 0.05) is 31.9 Å². The van der Waals surface area contributed by atoms with Crippen LogP contribution in [0.2, 0.25) is 0 Å². The van der Waals surface area contributed by atoms with Crippen LogP contribution in [0.3, 0.4) is 0 Å². The van der Waals surface area contributed by atoms with Crippen LogP contribution in [-0.2, 0) is 17.6 Å². The number of amides is 1. The van der Waals surface area contributed by atoms with Crippen molar-refractivity contribution in [3.63, 3.8) is 0 Å². The highest BCUT2D eigenvalue weighted by Crippen LogP contribution is 2.26. The first-order chi connectivity index (χ1) is 14.7. The molecule has 0 radical (unpaired) electrons. The molecule has 0 bridgehead atoms. The fourth-order valence-electron chi connectivity index (χ4n) is 3.69. The Labute approximate surface area is 176 Å². The third kappa shape index (κ3) is 5.23. The van der Waals surface area contributed by atoms with Crippen molar-refractivity contribution in [3.05, 3.63) is 71.6 Å². The van der Waals surface area contributed by atoms with Gasteiger partial charge in [-0.3, -0.25) is 9.78 Å². The Morgan fingerprint density at radius 3 is 2.97 bits per heavy atom. The molecule has 1 saturated heterocycles. The molecule has 30 heavy (non-hydrogen) atoms. The fraction of sp³-hybridized carbons (Fsp3) is 0.391. The first-order valence-electron chi connectivity index (χ1n) is 10.4. The second-order valence-electron chi connectivity index (χ2n) is 7.67. The molecule has 0 spiro atoms. The van der Waals surface area contributed by atoms with Gasteiger partial charge < -0.3 is 14.2 Å². The first-order valence-corrected chi connectivity index (χ1v) is 10.4. The van der Waals surface area contributed by atoms with E-state index in [0.717, 1.165) is 36.3 Å². The number of likely N-dealkylation sites (tertiary alicyclic amines) is 1. The molecule has 156 valence electrons. The quantitative estimate of drug-likeness (QED) is 0.599. The molecule has 0 saturated carbocycles. The standard InChI is InChI=1S/C23H26N4O3/c1-17-4-2-6-20(14-17)29-13-9-21-25-23(30-26-21)19-5-3-12-27(16-19)22(28)15-18-7-10-24-11-8-18/h2,4,6-8,10-11,14,19H,3,5,9,12-13,15-16H2,1H3. The van der Waals surface area contributed by atoms with Crippen molar-refractivity contribution in [1.82, 2.24) is 20.0 Å². The first kappa shape index (κ1) is 20.1. The lowest BCUT2D eigenvalue weighted by Gasteiger charge is -2.31. The molecule has 3 heterocycles. The van der Waals surface area contributed by atoms with E-state index in [0.29, 0.717) is 37.7 Å². The summed E-state index contributed by atoms with van der Waals surface area (Å²) in [6.07, 6.45) is 6.27. The van der Waals surface area contributed by atoms with E-state index in [2.05, 4.69) is 15.1 Å². The number of hydrogen-bond donors (Lipinski definition) is 0. The molecule has 1 fully saturated rings. The number of benzene rings is 1. The van der Waals surface area contributed by atoms with Gasteiger partial charge in [0.2, 0.25) is 11.8 Å².